The fraction of sp³-hybridized carbons (Fsp3) is 0.0769. The van der Waals surface area contributed by atoms with Gasteiger partial charge in [0.15, 0.2) is 6.23 Å². The maximum atomic E-state index is 6.94. The number of para-hydroxylation sites is 1. The van der Waals surface area contributed by atoms with Crippen LogP contribution in [0.4, 0.5) is 5.69 Å². The molecule has 1 N–H and O–H groups in total. The second-order valence-corrected chi connectivity index (χ2v) is 7.53. The Morgan fingerprint density at radius 3 is 1.86 bits per heavy atom. The van der Waals surface area contributed by atoms with Crippen LogP contribution in [0.15, 0.2) is 109 Å². The Morgan fingerprint density at radius 1 is 0.655 bits per heavy atom. The standard InChI is InChI=1S/C26H20ClNO/c27-23-17-9-7-15-21(23)25-28-24-18-10-8-16-22(24)26(29-25,19-11-3-1-4-12-19)20-13-5-2-6-14-20/h1-18,25,28H/t25-/m1/s1. The lowest BCUT2D eigenvalue weighted by atomic mass is 9.78. The first-order valence-electron chi connectivity index (χ1n) is 9.68. The number of anilines is 1. The van der Waals surface area contributed by atoms with Gasteiger partial charge in [0.2, 0.25) is 0 Å². The van der Waals surface area contributed by atoms with Crippen molar-refractivity contribution in [2.45, 2.75) is 11.8 Å². The molecule has 29 heavy (non-hydrogen) atoms. The number of rotatable bonds is 3. The summed E-state index contributed by atoms with van der Waals surface area (Å²) in [7, 11) is 0. The summed E-state index contributed by atoms with van der Waals surface area (Å²) in [6, 6.07) is 36.9. The van der Waals surface area contributed by atoms with Crippen molar-refractivity contribution in [2.75, 3.05) is 5.32 Å². The molecule has 0 radical (unpaired) electrons. The molecular weight excluding hydrogens is 378 g/mol. The summed E-state index contributed by atoms with van der Waals surface area (Å²) in [6.07, 6.45) is -0.390. The molecule has 5 rings (SSSR count). The van der Waals surface area contributed by atoms with E-state index >= 15 is 0 Å². The van der Waals surface area contributed by atoms with Crippen molar-refractivity contribution in [3.63, 3.8) is 0 Å². The first-order chi connectivity index (χ1) is 14.3. The SMILES string of the molecule is Clc1ccccc1[C@@H]1Nc2ccccc2C(c2ccccc2)(c2ccccc2)O1. The van der Waals surface area contributed by atoms with Crippen LogP contribution in [0.5, 0.6) is 0 Å². The van der Waals surface area contributed by atoms with Gasteiger partial charge in [0.1, 0.15) is 5.60 Å². The first-order valence-corrected chi connectivity index (χ1v) is 10.1. The van der Waals surface area contributed by atoms with E-state index in [1.54, 1.807) is 0 Å². The molecule has 0 saturated heterocycles. The van der Waals surface area contributed by atoms with Crippen LogP contribution >= 0.6 is 11.6 Å². The fourth-order valence-electron chi connectivity index (χ4n) is 4.12. The van der Waals surface area contributed by atoms with E-state index in [4.69, 9.17) is 16.3 Å². The average Bonchev–Trinajstić information content (AvgIpc) is 2.80. The van der Waals surface area contributed by atoms with Gasteiger partial charge >= 0.3 is 0 Å². The molecule has 0 fully saturated rings. The minimum Gasteiger partial charge on any atom is -0.356 e. The summed E-state index contributed by atoms with van der Waals surface area (Å²) in [5, 5.41) is 4.22. The van der Waals surface area contributed by atoms with E-state index in [0.29, 0.717) is 5.02 Å². The van der Waals surface area contributed by atoms with Gasteiger partial charge in [-0.05, 0) is 23.3 Å². The Morgan fingerprint density at radius 2 is 1.21 bits per heavy atom. The first kappa shape index (κ1) is 18.0. The van der Waals surface area contributed by atoms with Crippen LogP contribution in [-0.4, -0.2) is 0 Å². The molecule has 0 aliphatic carbocycles. The molecule has 0 amide bonds. The average molecular weight is 398 g/mol. The van der Waals surface area contributed by atoms with E-state index in [1.165, 1.54) is 0 Å². The predicted molar refractivity (Wildman–Crippen MR) is 118 cm³/mol. The largest absolute Gasteiger partial charge is 0.356 e. The molecule has 0 aromatic heterocycles. The van der Waals surface area contributed by atoms with E-state index in [1.807, 2.05) is 42.5 Å². The summed E-state index contributed by atoms with van der Waals surface area (Å²) < 4.78 is 6.94. The molecule has 0 unspecified atom stereocenters. The van der Waals surface area contributed by atoms with Crippen LogP contribution in [0.2, 0.25) is 5.02 Å². The van der Waals surface area contributed by atoms with Gasteiger partial charge in [-0.25, -0.2) is 0 Å². The monoisotopic (exact) mass is 397 g/mol. The lowest BCUT2D eigenvalue weighted by Gasteiger charge is -2.44. The van der Waals surface area contributed by atoms with Crippen LogP contribution in [0.25, 0.3) is 0 Å². The van der Waals surface area contributed by atoms with Gasteiger partial charge < -0.3 is 10.1 Å². The Balaban J connectivity index is 1.80. The second-order valence-electron chi connectivity index (χ2n) is 7.12. The molecule has 3 heteroatoms. The van der Waals surface area contributed by atoms with Crippen molar-refractivity contribution >= 4 is 17.3 Å². The minimum atomic E-state index is -0.756. The third-order valence-corrected chi connectivity index (χ3v) is 5.78. The smallest absolute Gasteiger partial charge is 0.157 e. The predicted octanol–water partition coefficient (Wildman–Crippen LogP) is 6.77. The molecule has 1 heterocycles. The molecule has 1 atom stereocenters. The molecular formula is C26H20ClNO. The van der Waals surface area contributed by atoms with Crippen molar-refractivity contribution < 1.29 is 4.74 Å². The Bertz CT molecular complexity index is 1090. The van der Waals surface area contributed by atoms with Crippen molar-refractivity contribution in [2.24, 2.45) is 0 Å². The molecule has 1 aliphatic rings. The van der Waals surface area contributed by atoms with Gasteiger partial charge in [0.05, 0.1) is 0 Å². The van der Waals surface area contributed by atoms with Gasteiger partial charge in [-0.1, -0.05) is 109 Å². The second kappa shape index (κ2) is 7.40. The quantitative estimate of drug-likeness (QED) is 0.411. The maximum absolute atomic E-state index is 6.94. The van der Waals surface area contributed by atoms with Crippen molar-refractivity contribution in [3.8, 4) is 0 Å². The number of hydrogen-bond donors (Lipinski definition) is 1. The zero-order valence-corrected chi connectivity index (χ0v) is 16.5. The van der Waals surface area contributed by atoms with E-state index in [2.05, 4.69) is 72.0 Å². The van der Waals surface area contributed by atoms with Crippen LogP contribution in [0.3, 0.4) is 0 Å². The van der Waals surface area contributed by atoms with Crippen LogP contribution in [-0.2, 0) is 10.3 Å². The van der Waals surface area contributed by atoms with Crippen molar-refractivity contribution in [1.29, 1.82) is 0 Å². The number of benzene rings is 4. The zero-order chi connectivity index (χ0) is 19.7. The lowest BCUT2D eigenvalue weighted by Crippen LogP contribution is -2.40. The Kier molecular flexibility index (Phi) is 4.59. The highest BCUT2D eigenvalue weighted by Gasteiger charge is 2.45. The third kappa shape index (κ3) is 3.02. The summed E-state index contributed by atoms with van der Waals surface area (Å²) in [5.74, 6) is 0. The number of halogens is 1. The molecule has 1 aliphatic heterocycles. The highest BCUT2D eigenvalue weighted by atomic mass is 35.5. The zero-order valence-electron chi connectivity index (χ0n) is 15.8. The van der Waals surface area contributed by atoms with E-state index < -0.39 is 5.60 Å². The van der Waals surface area contributed by atoms with Crippen molar-refractivity contribution in [1.82, 2.24) is 0 Å². The highest BCUT2D eigenvalue weighted by molar-refractivity contribution is 6.31. The molecule has 142 valence electrons. The number of fused-ring (bicyclic) bond motifs is 1. The summed E-state index contributed by atoms with van der Waals surface area (Å²) in [5.41, 5.74) is 4.44. The van der Waals surface area contributed by atoms with Gasteiger partial charge in [-0.3, -0.25) is 0 Å². The molecule has 0 bridgehead atoms. The number of nitrogens with one attached hydrogen (secondary N) is 1. The van der Waals surface area contributed by atoms with Crippen LogP contribution in [0, 0.1) is 0 Å². The lowest BCUT2D eigenvalue weighted by molar-refractivity contribution is -0.0431. The maximum Gasteiger partial charge on any atom is 0.157 e. The molecule has 2 nitrogen and oxygen atoms in total. The summed E-state index contributed by atoms with van der Waals surface area (Å²) >= 11 is 6.55. The molecule has 4 aromatic rings. The Hall–Kier alpha value is -3.07. The minimum absolute atomic E-state index is 0.390. The van der Waals surface area contributed by atoms with Gasteiger partial charge in [0.25, 0.3) is 0 Å². The highest BCUT2D eigenvalue weighted by Crippen LogP contribution is 2.50. The van der Waals surface area contributed by atoms with E-state index in [0.717, 1.165) is 27.9 Å². The van der Waals surface area contributed by atoms with Crippen LogP contribution in [0.1, 0.15) is 28.5 Å². The van der Waals surface area contributed by atoms with Crippen LogP contribution < -0.4 is 5.32 Å². The number of hydrogen-bond acceptors (Lipinski definition) is 2. The fourth-order valence-corrected chi connectivity index (χ4v) is 4.35. The van der Waals surface area contributed by atoms with E-state index in [-0.39, 0.29) is 6.23 Å². The summed E-state index contributed by atoms with van der Waals surface area (Å²) in [4.78, 5) is 0. The van der Waals surface area contributed by atoms with Gasteiger partial charge in [0, 0.05) is 21.8 Å². The van der Waals surface area contributed by atoms with E-state index in [9.17, 15) is 0 Å². The van der Waals surface area contributed by atoms with Gasteiger partial charge in [-0.15, -0.1) is 0 Å². The van der Waals surface area contributed by atoms with Crippen molar-refractivity contribution in [3.05, 3.63) is 136 Å². The Labute approximate surface area is 175 Å². The normalized spacial score (nSPS) is 17.2. The molecule has 0 saturated carbocycles. The molecule has 4 aromatic carbocycles. The third-order valence-electron chi connectivity index (χ3n) is 5.44. The van der Waals surface area contributed by atoms with Gasteiger partial charge in [-0.2, -0.15) is 0 Å². The number of ether oxygens (including phenoxy) is 1. The summed E-state index contributed by atoms with van der Waals surface area (Å²) in [6.45, 7) is 0. The molecule has 0 spiro atoms. The topological polar surface area (TPSA) is 21.3 Å².